The van der Waals surface area contributed by atoms with Gasteiger partial charge in [-0.2, -0.15) is 0 Å². The molecule has 1 heterocycles. The number of fused-ring (bicyclic) bond motifs is 1. The van der Waals surface area contributed by atoms with Crippen LogP contribution in [0.25, 0.3) is 0 Å². The van der Waals surface area contributed by atoms with Gasteiger partial charge in [-0.1, -0.05) is 23.7 Å². The zero-order valence-electron chi connectivity index (χ0n) is 10.1. The minimum atomic E-state index is 0.0489. The van der Waals surface area contributed by atoms with Gasteiger partial charge in [-0.25, -0.2) is 0 Å². The summed E-state index contributed by atoms with van der Waals surface area (Å²) in [6.45, 7) is 1.93. The lowest BCUT2D eigenvalue weighted by molar-refractivity contribution is 0.104. The van der Waals surface area contributed by atoms with Crippen molar-refractivity contribution in [2.45, 2.75) is 26.2 Å². The third-order valence-corrected chi connectivity index (χ3v) is 5.16. The molecular weight excluding hydrogens is 264 g/mol. The van der Waals surface area contributed by atoms with E-state index in [4.69, 9.17) is 11.6 Å². The monoisotopic (exact) mass is 276 g/mol. The Morgan fingerprint density at radius 2 is 2.06 bits per heavy atom. The summed E-state index contributed by atoms with van der Waals surface area (Å²) in [5, 5.41) is 2.54. The summed E-state index contributed by atoms with van der Waals surface area (Å²) in [5.74, 6) is 0.0489. The van der Waals surface area contributed by atoms with Crippen molar-refractivity contribution in [2.24, 2.45) is 0 Å². The number of ketones is 1. The Bertz CT molecular complexity index is 627. The molecule has 0 N–H and O–H groups in total. The Hall–Kier alpha value is -1.12. The van der Waals surface area contributed by atoms with Crippen LogP contribution in [0, 0.1) is 6.92 Å². The van der Waals surface area contributed by atoms with Crippen LogP contribution < -0.4 is 0 Å². The highest BCUT2D eigenvalue weighted by molar-refractivity contribution is 7.13. The Balaban J connectivity index is 2.00. The molecule has 1 aromatic carbocycles. The molecule has 1 aromatic heterocycles. The van der Waals surface area contributed by atoms with Crippen molar-refractivity contribution in [1.82, 2.24) is 0 Å². The normalized spacial score (nSPS) is 13.7. The van der Waals surface area contributed by atoms with Crippen LogP contribution in [0.5, 0.6) is 0 Å². The van der Waals surface area contributed by atoms with Crippen LogP contribution in [0.1, 0.15) is 38.3 Å². The fraction of sp³-hybridized carbons (Fsp3) is 0.267. The van der Waals surface area contributed by atoms with Crippen molar-refractivity contribution < 1.29 is 4.79 Å². The van der Waals surface area contributed by atoms with Crippen LogP contribution in [-0.4, -0.2) is 5.78 Å². The molecule has 2 aromatic rings. The molecule has 0 bridgehead atoms. The summed E-state index contributed by atoms with van der Waals surface area (Å²) in [5.41, 5.74) is 4.45. The molecule has 0 spiro atoms. The van der Waals surface area contributed by atoms with Crippen molar-refractivity contribution in [3.05, 3.63) is 55.7 Å². The van der Waals surface area contributed by atoms with Crippen molar-refractivity contribution in [2.75, 3.05) is 0 Å². The van der Waals surface area contributed by atoms with E-state index in [0.29, 0.717) is 9.90 Å². The number of rotatable bonds is 2. The van der Waals surface area contributed by atoms with Gasteiger partial charge in [-0.15, -0.1) is 11.3 Å². The third kappa shape index (κ3) is 1.90. The number of benzene rings is 1. The Kier molecular flexibility index (Phi) is 3.00. The average Bonchev–Trinajstić information content (AvgIpc) is 2.96. The van der Waals surface area contributed by atoms with Gasteiger partial charge in [0.05, 0.1) is 9.90 Å². The number of carbonyl (C=O) groups is 1. The van der Waals surface area contributed by atoms with Crippen LogP contribution in [0.2, 0.25) is 5.02 Å². The smallest absolute Gasteiger partial charge is 0.204 e. The summed E-state index contributed by atoms with van der Waals surface area (Å²) in [6, 6.07) is 6.05. The quantitative estimate of drug-likeness (QED) is 0.742. The minimum absolute atomic E-state index is 0.0489. The van der Waals surface area contributed by atoms with Gasteiger partial charge in [-0.3, -0.25) is 4.79 Å². The molecule has 0 amide bonds. The summed E-state index contributed by atoms with van der Waals surface area (Å²) in [4.78, 5) is 13.1. The number of aryl methyl sites for hydroxylation is 3. The zero-order chi connectivity index (χ0) is 12.7. The van der Waals surface area contributed by atoms with Crippen LogP contribution in [0.4, 0.5) is 0 Å². The molecule has 0 saturated heterocycles. The molecular formula is C15H13ClOS. The van der Waals surface area contributed by atoms with Crippen LogP contribution in [-0.2, 0) is 12.8 Å². The number of thiophene rings is 1. The van der Waals surface area contributed by atoms with Gasteiger partial charge in [0.15, 0.2) is 0 Å². The predicted octanol–water partition coefficient (Wildman–Crippen LogP) is 4.43. The van der Waals surface area contributed by atoms with Gasteiger partial charge in [0.25, 0.3) is 0 Å². The van der Waals surface area contributed by atoms with Gasteiger partial charge < -0.3 is 0 Å². The summed E-state index contributed by atoms with van der Waals surface area (Å²) in [6.07, 6.45) is 3.43. The van der Waals surface area contributed by atoms with Gasteiger partial charge >= 0.3 is 0 Å². The molecule has 0 saturated carbocycles. The van der Waals surface area contributed by atoms with E-state index in [2.05, 4.69) is 6.07 Å². The standard InChI is InChI=1S/C15H13ClOS/c1-9-8-18-15(13(9)16)14(17)12-6-5-10-3-2-4-11(10)7-12/h5-8H,2-4H2,1H3. The van der Waals surface area contributed by atoms with E-state index in [9.17, 15) is 4.79 Å². The van der Waals surface area contributed by atoms with E-state index in [1.54, 1.807) is 0 Å². The van der Waals surface area contributed by atoms with Crippen LogP contribution in [0.3, 0.4) is 0 Å². The Labute approximate surface area is 115 Å². The van der Waals surface area contributed by atoms with E-state index in [1.807, 2.05) is 24.4 Å². The topological polar surface area (TPSA) is 17.1 Å². The fourth-order valence-electron chi connectivity index (χ4n) is 2.43. The first-order valence-electron chi connectivity index (χ1n) is 6.07. The van der Waals surface area contributed by atoms with E-state index in [0.717, 1.165) is 24.0 Å². The second kappa shape index (κ2) is 4.52. The lowest BCUT2D eigenvalue weighted by Gasteiger charge is -2.03. The number of carbonyl (C=O) groups excluding carboxylic acids is 1. The molecule has 1 aliphatic rings. The third-order valence-electron chi connectivity index (χ3n) is 3.47. The maximum Gasteiger partial charge on any atom is 0.204 e. The first-order chi connectivity index (χ1) is 8.66. The van der Waals surface area contributed by atoms with Crippen molar-refractivity contribution in [3.63, 3.8) is 0 Å². The molecule has 1 nitrogen and oxygen atoms in total. The second-order valence-corrected chi connectivity index (χ2v) is 5.99. The molecule has 92 valence electrons. The highest BCUT2D eigenvalue weighted by Crippen LogP contribution is 2.30. The molecule has 1 aliphatic carbocycles. The second-order valence-electron chi connectivity index (χ2n) is 4.73. The van der Waals surface area contributed by atoms with Crippen LogP contribution >= 0.6 is 22.9 Å². The van der Waals surface area contributed by atoms with E-state index in [1.165, 1.54) is 28.9 Å². The van der Waals surface area contributed by atoms with Crippen molar-refractivity contribution >= 4 is 28.7 Å². The van der Waals surface area contributed by atoms with Gasteiger partial charge in [0.2, 0.25) is 5.78 Å². The van der Waals surface area contributed by atoms with Gasteiger partial charge in [0.1, 0.15) is 0 Å². The van der Waals surface area contributed by atoms with E-state index >= 15 is 0 Å². The highest BCUT2D eigenvalue weighted by atomic mass is 35.5. The average molecular weight is 277 g/mol. The Morgan fingerprint density at radius 1 is 1.28 bits per heavy atom. The number of hydrogen-bond acceptors (Lipinski definition) is 2. The summed E-state index contributed by atoms with van der Waals surface area (Å²) < 4.78 is 0. The number of hydrogen-bond donors (Lipinski definition) is 0. The fourth-order valence-corrected chi connectivity index (χ4v) is 3.67. The summed E-state index contributed by atoms with van der Waals surface area (Å²) in [7, 11) is 0. The molecule has 0 radical (unpaired) electrons. The molecule has 3 rings (SSSR count). The first kappa shape index (κ1) is 11.9. The molecule has 3 heteroatoms. The minimum Gasteiger partial charge on any atom is -0.288 e. The van der Waals surface area contributed by atoms with Crippen LogP contribution in [0.15, 0.2) is 23.6 Å². The lowest BCUT2D eigenvalue weighted by atomic mass is 10.0. The zero-order valence-corrected chi connectivity index (χ0v) is 11.7. The predicted molar refractivity (Wildman–Crippen MR) is 76.0 cm³/mol. The lowest BCUT2D eigenvalue weighted by Crippen LogP contribution is -2.00. The van der Waals surface area contributed by atoms with Gasteiger partial charge in [0, 0.05) is 5.56 Å². The van der Waals surface area contributed by atoms with Gasteiger partial charge in [-0.05, 0) is 54.3 Å². The molecule has 0 aliphatic heterocycles. The maximum absolute atomic E-state index is 12.4. The summed E-state index contributed by atoms with van der Waals surface area (Å²) >= 11 is 7.59. The molecule has 0 atom stereocenters. The van der Waals surface area contributed by atoms with Crippen molar-refractivity contribution in [1.29, 1.82) is 0 Å². The van der Waals surface area contributed by atoms with E-state index < -0.39 is 0 Å². The largest absolute Gasteiger partial charge is 0.288 e. The Morgan fingerprint density at radius 3 is 2.78 bits per heavy atom. The van der Waals surface area contributed by atoms with Crippen molar-refractivity contribution in [3.8, 4) is 0 Å². The first-order valence-corrected chi connectivity index (χ1v) is 7.32. The molecule has 18 heavy (non-hydrogen) atoms. The van der Waals surface area contributed by atoms with E-state index in [-0.39, 0.29) is 5.78 Å². The number of halogens is 1. The molecule has 0 unspecified atom stereocenters. The SMILES string of the molecule is Cc1csc(C(=O)c2ccc3c(c2)CCC3)c1Cl. The highest BCUT2D eigenvalue weighted by Gasteiger charge is 2.19. The molecule has 0 fully saturated rings. The maximum atomic E-state index is 12.4.